The molecule has 0 aliphatic carbocycles. The van der Waals surface area contributed by atoms with Crippen molar-refractivity contribution < 1.29 is 13.2 Å². The van der Waals surface area contributed by atoms with Crippen molar-refractivity contribution in [1.82, 2.24) is 4.90 Å². The molecular weight excluding hydrogens is 348 g/mol. The second kappa shape index (κ2) is 7.23. The highest BCUT2D eigenvalue weighted by Crippen LogP contribution is 2.26. The van der Waals surface area contributed by atoms with Gasteiger partial charge in [-0.3, -0.25) is 9.10 Å². The Morgan fingerprint density at radius 3 is 2.25 bits per heavy atom. The van der Waals surface area contributed by atoms with Gasteiger partial charge >= 0.3 is 0 Å². The van der Waals surface area contributed by atoms with Crippen molar-refractivity contribution in [2.75, 3.05) is 24.9 Å². The third-order valence-corrected chi connectivity index (χ3v) is 5.51. The van der Waals surface area contributed by atoms with Gasteiger partial charge in [-0.25, -0.2) is 8.42 Å². The molecule has 0 radical (unpaired) electrons. The van der Waals surface area contributed by atoms with E-state index >= 15 is 0 Å². The monoisotopic (exact) mass is 366 g/mol. The van der Waals surface area contributed by atoms with Gasteiger partial charge in [0.15, 0.2) is 0 Å². The normalized spacial score (nSPS) is 11.2. The predicted molar refractivity (Wildman–Crippen MR) is 95.9 cm³/mol. The highest BCUT2D eigenvalue weighted by atomic mass is 35.5. The van der Waals surface area contributed by atoms with Crippen molar-refractivity contribution in [3.05, 3.63) is 59.1 Å². The van der Waals surface area contributed by atoms with Gasteiger partial charge in [0.2, 0.25) is 5.91 Å². The van der Waals surface area contributed by atoms with Crippen molar-refractivity contribution in [1.29, 1.82) is 0 Å². The molecule has 2 rings (SSSR count). The Labute approximate surface area is 147 Å². The summed E-state index contributed by atoms with van der Waals surface area (Å²) in [7, 11) is -0.728. The van der Waals surface area contributed by atoms with Crippen LogP contribution in [0, 0.1) is 6.92 Å². The standard InChI is InChI=1S/C17H19ClN2O3S/c1-13-7-9-16(10-8-13)24(22,23)20(12-17(21)19(2)3)15-6-4-5-14(18)11-15/h4-11H,12H2,1-3H3. The summed E-state index contributed by atoms with van der Waals surface area (Å²) in [6.45, 7) is 1.57. The second-order valence-electron chi connectivity index (χ2n) is 5.59. The minimum absolute atomic E-state index is 0.125. The molecule has 0 N–H and O–H groups in total. The first kappa shape index (κ1) is 18.3. The van der Waals surface area contributed by atoms with Crippen LogP contribution in [0.2, 0.25) is 5.02 Å². The summed E-state index contributed by atoms with van der Waals surface area (Å²) in [6.07, 6.45) is 0. The van der Waals surface area contributed by atoms with E-state index in [1.54, 1.807) is 44.4 Å². The molecule has 0 bridgehead atoms. The molecule has 7 heteroatoms. The van der Waals surface area contributed by atoms with Crippen molar-refractivity contribution in [2.24, 2.45) is 0 Å². The van der Waals surface area contributed by atoms with Gasteiger partial charge < -0.3 is 4.90 Å². The van der Waals surface area contributed by atoms with Crippen LogP contribution in [-0.4, -0.2) is 39.9 Å². The van der Waals surface area contributed by atoms with Gasteiger partial charge in [0.25, 0.3) is 10.0 Å². The van der Waals surface area contributed by atoms with Crippen LogP contribution in [0.4, 0.5) is 5.69 Å². The fourth-order valence-corrected chi connectivity index (χ4v) is 3.64. The molecule has 5 nitrogen and oxygen atoms in total. The number of amides is 1. The maximum atomic E-state index is 13.0. The number of halogens is 1. The van der Waals surface area contributed by atoms with E-state index in [9.17, 15) is 13.2 Å². The minimum atomic E-state index is -3.89. The van der Waals surface area contributed by atoms with Gasteiger partial charge in [0.05, 0.1) is 10.6 Å². The van der Waals surface area contributed by atoms with Crippen LogP contribution < -0.4 is 4.31 Å². The molecule has 0 saturated heterocycles. The molecule has 0 heterocycles. The molecule has 0 atom stereocenters. The predicted octanol–water partition coefficient (Wildman–Crippen LogP) is 2.93. The zero-order chi connectivity index (χ0) is 17.9. The lowest BCUT2D eigenvalue weighted by Crippen LogP contribution is -2.40. The van der Waals surface area contributed by atoms with Gasteiger partial charge in [-0.05, 0) is 37.3 Å². The van der Waals surface area contributed by atoms with Crippen molar-refractivity contribution in [2.45, 2.75) is 11.8 Å². The largest absolute Gasteiger partial charge is 0.347 e. The maximum absolute atomic E-state index is 13.0. The van der Waals surface area contributed by atoms with E-state index in [2.05, 4.69) is 0 Å². The van der Waals surface area contributed by atoms with Crippen LogP contribution in [0.15, 0.2) is 53.4 Å². The highest BCUT2D eigenvalue weighted by Gasteiger charge is 2.27. The molecule has 0 aromatic heterocycles. The Hall–Kier alpha value is -2.05. The Balaban J connectivity index is 2.52. The summed E-state index contributed by atoms with van der Waals surface area (Å²) in [5.74, 6) is -0.328. The highest BCUT2D eigenvalue weighted by molar-refractivity contribution is 7.92. The number of nitrogens with zero attached hydrogens (tertiary/aromatic N) is 2. The van der Waals surface area contributed by atoms with Gasteiger partial charge in [0.1, 0.15) is 6.54 Å². The summed E-state index contributed by atoms with van der Waals surface area (Å²) < 4.78 is 27.1. The number of likely N-dealkylation sites (N-methyl/N-ethyl adjacent to an activating group) is 1. The van der Waals surface area contributed by atoms with E-state index < -0.39 is 10.0 Å². The summed E-state index contributed by atoms with van der Waals surface area (Å²) >= 11 is 5.99. The quantitative estimate of drug-likeness (QED) is 0.817. The van der Waals surface area contributed by atoms with Crippen molar-refractivity contribution >= 4 is 33.2 Å². The number of hydrogen-bond acceptors (Lipinski definition) is 3. The number of hydrogen-bond donors (Lipinski definition) is 0. The first-order valence-electron chi connectivity index (χ1n) is 7.27. The number of carbonyl (C=O) groups excluding carboxylic acids is 1. The first-order valence-corrected chi connectivity index (χ1v) is 9.09. The minimum Gasteiger partial charge on any atom is -0.347 e. The first-order chi connectivity index (χ1) is 11.2. The summed E-state index contributed by atoms with van der Waals surface area (Å²) in [5.41, 5.74) is 1.30. The average Bonchev–Trinajstić information content (AvgIpc) is 2.52. The van der Waals surface area contributed by atoms with Crippen molar-refractivity contribution in [3.8, 4) is 0 Å². The molecular formula is C17H19ClN2O3S. The fourth-order valence-electron chi connectivity index (χ4n) is 2.05. The summed E-state index contributed by atoms with van der Waals surface area (Å²) in [4.78, 5) is 13.6. The Morgan fingerprint density at radius 2 is 1.71 bits per heavy atom. The summed E-state index contributed by atoms with van der Waals surface area (Å²) in [5, 5.41) is 0.397. The van der Waals surface area contributed by atoms with Crippen LogP contribution in [-0.2, 0) is 14.8 Å². The number of rotatable bonds is 5. The molecule has 0 spiro atoms. The van der Waals surface area contributed by atoms with Gasteiger partial charge in [-0.1, -0.05) is 35.4 Å². The number of aryl methyl sites for hydroxylation is 1. The lowest BCUT2D eigenvalue weighted by atomic mass is 10.2. The van der Waals surface area contributed by atoms with Crippen LogP contribution in [0.1, 0.15) is 5.56 Å². The lowest BCUT2D eigenvalue weighted by Gasteiger charge is -2.25. The Bertz CT molecular complexity index is 833. The number of anilines is 1. The fraction of sp³-hybridized carbons (Fsp3) is 0.235. The summed E-state index contributed by atoms with van der Waals surface area (Å²) in [6, 6.07) is 12.9. The number of sulfonamides is 1. The maximum Gasteiger partial charge on any atom is 0.264 e. The topological polar surface area (TPSA) is 57.7 Å². The number of benzene rings is 2. The third kappa shape index (κ3) is 4.07. The van der Waals surface area contributed by atoms with E-state index in [4.69, 9.17) is 11.6 Å². The van der Waals surface area contributed by atoms with Gasteiger partial charge in [0, 0.05) is 19.1 Å². The molecule has 24 heavy (non-hydrogen) atoms. The second-order valence-corrected chi connectivity index (χ2v) is 7.89. The smallest absolute Gasteiger partial charge is 0.264 e. The lowest BCUT2D eigenvalue weighted by molar-refractivity contribution is -0.127. The molecule has 128 valence electrons. The van der Waals surface area contributed by atoms with Crippen LogP contribution >= 0.6 is 11.6 Å². The Kier molecular flexibility index (Phi) is 5.51. The molecule has 0 unspecified atom stereocenters. The van der Waals surface area contributed by atoms with E-state index in [1.165, 1.54) is 23.1 Å². The molecule has 0 aliphatic heterocycles. The molecule has 0 aliphatic rings. The van der Waals surface area contributed by atoms with E-state index in [0.717, 1.165) is 9.87 Å². The molecule has 2 aromatic rings. The Morgan fingerprint density at radius 1 is 1.08 bits per heavy atom. The SMILES string of the molecule is Cc1ccc(S(=O)(=O)N(CC(=O)N(C)C)c2cccc(Cl)c2)cc1. The third-order valence-electron chi connectivity index (χ3n) is 3.48. The van der Waals surface area contributed by atoms with Gasteiger partial charge in [-0.15, -0.1) is 0 Å². The van der Waals surface area contributed by atoms with E-state index in [1.807, 2.05) is 6.92 Å². The van der Waals surface area contributed by atoms with Crippen LogP contribution in [0.3, 0.4) is 0 Å². The van der Waals surface area contributed by atoms with Crippen LogP contribution in [0.25, 0.3) is 0 Å². The average molecular weight is 367 g/mol. The zero-order valence-corrected chi connectivity index (χ0v) is 15.3. The van der Waals surface area contributed by atoms with Crippen LogP contribution in [0.5, 0.6) is 0 Å². The molecule has 1 amide bonds. The van der Waals surface area contributed by atoms with Crippen molar-refractivity contribution in [3.63, 3.8) is 0 Å². The number of carbonyl (C=O) groups is 1. The van der Waals surface area contributed by atoms with E-state index in [0.29, 0.717) is 10.7 Å². The van der Waals surface area contributed by atoms with E-state index in [-0.39, 0.29) is 17.3 Å². The van der Waals surface area contributed by atoms with Gasteiger partial charge in [-0.2, -0.15) is 0 Å². The molecule has 2 aromatic carbocycles. The zero-order valence-electron chi connectivity index (χ0n) is 13.7. The molecule has 0 fully saturated rings. The molecule has 0 saturated carbocycles.